The highest BCUT2D eigenvalue weighted by Gasteiger charge is 2.34. The standard InChI is InChI=1S/C17H23N3O2S/c1-3-4-5-9-18-16(21)12-10-20(11-12)17-19-15-13(22-2)7-6-8-14(15)23-17/h6-8,12H,3-5,9-11H2,1-2H3,(H,18,21). The van der Waals surface area contributed by atoms with Crippen molar-refractivity contribution < 1.29 is 9.53 Å². The number of anilines is 1. The third-order valence-corrected chi connectivity index (χ3v) is 5.27. The molecule has 124 valence electrons. The van der Waals surface area contributed by atoms with E-state index in [0.717, 1.165) is 47.2 Å². The molecule has 2 heterocycles. The van der Waals surface area contributed by atoms with Gasteiger partial charge in [0.25, 0.3) is 0 Å². The Morgan fingerprint density at radius 1 is 1.43 bits per heavy atom. The molecule has 1 aliphatic heterocycles. The fraction of sp³-hybridized carbons (Fsp3) is 0.529. The first-order valence-corrected chi connectivity index (χ1v) is 9.00. The van der Waals surface area contributed by atoms with Gasteiger partial charge in [0.05, 0.1) is 17.7 Å². The van der Waals surface area contributed by atoms with Crippen molar-refractivity contribution in [2.45, 2.75) is 26.2 Å². The number of rotatable bonds is 7. The predicted molar refractivity (Wildman–Crippen MR) is 94.4 cm³/mol. The molecule has 1 aromatic carbocycles. The average Bonchev–Trinajstić information content (AvgIpc) is 2.93. The number of fused-ring (bicyclic) bond motifs is 1. The Morgan fingerprint density at radius 2 is 2.26 bits per heavy atom. The second-order valence-corrected chi connectivity index (χ2v) is 6.91. The molecule has 0 atom stereocenters. The summed E-state index contributed by atoms with van der Waals surface area (Å²) in [6.45, 7) is 4.46. The Kier molecular flexibility index (Phi) is 5.00. The van der Waals surface area contributed by atoms with Gasteiger partial charge in [0.2, 0.25) is 5.91 Å². The Labute approximate surface area is 140 Å². The number of carbonyl (C=O) groups excluding carboxylic acids is 1. The first-order chi connectivity index (χ1) is 11.2. The van der Waals surface area contributed by atoms with Gasteiger partial charge in [-0.25, -0.2) is 4.98 Å². The summed E-state index contributed by atoms with van der Waals surface area (Å²) < 4.78 is 6.47. The molecule has 0 bridgehead atoms. The molecule has 0 aliphatic carbocycles. The number of hydrogen-bond donors (Lipinski definition) is 1. The molecule has 1 fully saturated rings. The van der Waals surface area contributed by atoms with Crippen molar-refractivity contribution in [2.75, 3.05) is 31.6 Å². The average molecular weight is 333 g/mol. The van der Waals surface area contributed by atoms with Crippen LogP contribution in [0.5, 0.6) is 5.75 Å². The second-order valence-electron chi connectivity index (χ2n) is 5.90. The molecule has 23 heavy (non-hydrogen) atoms. The number of thiazole rings is 1. The minimum atomic E-state index is 0.0885. The minimum Gasteiger partial charge on any atom is -0.494 e. The van der Waals surface area contributed by atoms with Gasteiger partial charge >= 0.3 is 0 Å². The molecule has 1 saturated heterocycles. The summed E-state index contributed by atoms with van der Waals surface area (Å²) in [6, 6.07) is 5.96. The summed E-state index contributed by atoms with van der Waals surface area (Å²) in [5.41, 5.74) is 0.905. The number of benzene rings is 1. The maximum atomic E-state index is 12.1. The van der Waals surface area contributed by atoms with Crippen LogP contribution >= 0.6 is 11.3 Å². The van der Waals surface area contributed by atoms with E-state index in [-0.39, 0.29) is 11.8 Å². The first-order valence-electron chi connectivity index (χ1n) is 8.19. The zero-order valence-corrected chi connectivity index (χ0v) is 14.5. The molecule has 1 N–H and O–H groups in total. The molecule has 0 radical (unpaired) electrons. The van der Waals surface area contributed by atoms with Crippen LogP contribution in [0.1, 0.15) is 26.2 Å². The molecule has 5 nitrogen and oxygen atoms in total. The molecule has 1 aromatic heterocycles. The van der Waals surface area contributed by atoms with Gasteiger partial charge in [0, 0.05) is 19.6 Å². The minimum absolute atomic E-state index is 0.0885. The SMILES string of the molecule is CCCCCNC(=O)C1CN(c2nc3c(OC)cccc3s2)C1. The molecule has 6 heteroatoms. The summed E-state index contributed by atoms with van der Waals surface area (Å²) >= 11 is 1.65. The maximum absolute atomic E-state index is 12.1. The van der Waals surface area contributed by atoms with Crippen molar-refractivity contribution >= 4 is 32.6 Å². The predicted octanol–water partition coefficient (Wildman–Crippen LogP) is 3.05. The number of carbonyl (C=O) groups is 1. The lowest BCUT2D eigenvalue weighted by Crippen LogP contribution is -2.53. The van der Waals surface area contributed by atoms with Crippen LogP contribution in [0.4, 0.5) is 5.13 Å². The number of nitrogens with zero attached hydrogens (tertiary/aromatic N) is 2. The number of ether oxygens (including phenoxy) is 1. The van der Waals surface area contributed by atoms with Gasteiger partial charge in [-0.05, 0) is 18.6 Å². The third-order valence-electron chi connectivity index (χ3n) is 4.19. The number of amides is 1. The summed E-state index contributed by atoms with van der Waals surface area (Å²) in [5.74, 6) is 1.07. The summed E-state index contributed by atoms with van der Waals surface area (Å²) in [4.78, 5) is 18.9. The summed E-state index contributed by atoms with van der Waals surface area (Å²) in [5, 5.41) is 4.01. The number of unbranched alkanes of at least 4 members (excludes halogenated alkanes) is 2. The Morgan fingerprint density at radius 3 is 3.00 bits per heavy atom. The van der Waals surface area contributed by atoms with Crippen LogP contribution in [0.2, 0.25) is 0 Å². The van der Waals surface area contributed by atoms with Gasteiger partial charge in [0.1, 0.15) is 11.3 Å². The van der Waals surface area contributed by atoms with Crippen molar-refractivity contribution in [1.29, 1.82) is 0 Å². The van der Waals surface area contributed by atoms with Crippen LogP contribution in [-0.2, 0) is 4.79 Å². The zero-order valence-electron chi connectivity index (χ0n) is 13.7. The van der Waals surface area contributed by atoms with E-state index >= 15 is 0 Å². The number of nitrogens with one attached hydrogen (secondary N) is 1. The maximum Gasteiger partial charge on any atom is 0.226 e. The van der Waals surface area contributed by atoms with E-state index in [2.05, 4.69) is 28.2 Å². The van der Waals surface area contributed by atoms with E-state index in [9.17, 15) is 4.79 Å². The Bertz CT molecular complexity index is 680. The lowest BCUT2D eigenvalue weighted by Gasteiger charge is -2.37. The van der Waals surface area contributed by atoms with E-state index in [0.29, 0.717) is 0 Å². The van der Waals surface area contributed by atoms with Crippen molar-refractivity contribution in [3.05, 3.63) is 18.2 Å². The van der Waals surface area contributed by atoms with Crippen molar-refractivity contribution in [1.82, 2.24) is 10.3 Å². The molecule has 1 amide bonds. The van der Waals surface area contributed by atoms with E-state index in [4.69, 9.17) is 4.74 Å². The second kappa shape index (κ2) is 7.17. The molecule has 1 aliphatic rings. The summed E-state index contributed by atoms with van der Waals surface area (Å²) in [6.07, 6.45) is 3.41. The van der Waals surface area contributed by atoms with Crippen molar-refractivity contribution in [3.8, 4) is 5.75 Å². The highest BCUT2D eigenvalue weighted by Crippen LogP contribution is 2.36. The Hall–Kier alpha value is -1.82. The van der Waals surface area contributed by atoms with Crippen LogP contribution in [-0.4, -0.2) is 37.6 Å². The zero-order chi connectivity index (χ0) is 16.2. The van der Waals surface area contributed by atoms with Crippen LogP contribution in [0.3, 0.4) is 0 Å². The Balaban J connectivity index is 1.56. The highest BCUT2D eigenvalue weighted by atomic mass is 32.1. The van der Waals surface area contributed by atoms with E-state index < -0.39 is 0 Å². The van der Waals surface area contributed by atoms with Crippen LogP contribution in [0.15, 0.2) is 18.2 Å². The fourth-order valence-electron chi connectivity index (χ4n) is 2.74. The third kappa shape index (κ3) is 3.42. The van der Waals surface area contributed by atoms with Crippen LogP contribution in [0, 0.1) is 5.92 Å². The molecular formula is C17H23N3O2S. The van der Waals surface area contributed by atoms with E-state index in [1.807, 2.05) is 12.1 Å². The molecule has 0 saturated carbocycles. The van der Waals surface area contributed by atoms with Crippen molar-refractivity contribution in [2.24, 2.45) is 5.92 Å². The van der Waals surface area contributed by atoms with E-state index in [1.165, 1.54) is 12.8 Å². The van der Waals surface area contributed by atoms with Gasteiger partial charge in [0.15, 0.2) is 5.13 Å². The molecule has 0 unspecified atom stereocenters. The van der Waals surface area contributed by atoms with Crippen LogP contribution in [0.25, 0.3) is 10.2 Å². The van der Waals surface area contributed by atoms with Crippen LogP contribution < -0.4 is 15.0 Å². The number of aromatic nitrogens is 1. The molecular weight excluding hydrogens is 310 g/mol. The first kappa shape index (κ1) is 16.1. The number of hydrogen-bond acceptors (Lipinski definition) is 5. The summed E-state index contributed by atoms with van der Waals surface area (Å²) in [7, 11) is 1.66. The monoisotopic (exact) mass is 333 g/mol. The van der Waals surface area contributed by atoms with E-state index in [1.54, 1.807) is 18.4 Å². The fourth-order valence-corrected chi connectivity index (χ4v) is 3.74. The largest absolute Gasteiger partial charge is 0.494 e. The van der Waals surface area contributed by atoms with Gasteiger partial charge < -0.3 is 15.0 Å². The highest BCUT2D eigenvalue weighted by molar-refractivity contribution is 7.22. The quantitative estimate of drug-likeness (QED) is 0.791. The lowest BCUT2D eigenvalue weighted by atomic mass is 10.00. The van der Waals surface area contributed by atoms with Crippen molar-refractivity contribution in [3.63, 3.8) is 0 Å². The normalized spacial score (nSPS) is 14.8. The molecule has 2 aromatic rings. The number of para-hydroxylation sites is 1. The smallest absolute Gasteiger partial charge is 0.226 e. The van der Waals surface area contributed by atoms with Gasteiger partial charge in [-0.3, -0.25) is 4.79 Å². The lowest BCUT2D eigenvalue weighted by molar-refractivity contribution is -0.125. The molecule has 0 spiro atoms. The topological polar surface area (TPSA) is 54.5 Å². The van der Waals surface area contributed by atoms with Gasteiger partial charge in [-0.15, -0.1) is 0 Å². The van der Waals surface area contributed by atoms with Gasteiger partial charge in [-0.2, -0.15) is 0 Å². The number of methoxy groups -OCH3 is 1. The molecule has 3 rings (SSSR count). The van der Waals surface area contributed by atoms with Gasteiger partial charge in [-0.1, -0.05) is 37.2 Å².